The Morgan fingerprint density at radius 3 is 2.67 bits per heavy atom. The first kappa shape index (κ1) is 5.59. The van der Waals surface area contributed by atoms with E-state index < -0.39 is 0 Å². The maximum Gasteiger partial charge on any atom is 0.200 e. The predicted octanol–water partition coefficient (Wildman–Crippen LogP) is -0.623. The van der Waals surface area contributed by atoms with Gasteiger partial charge in [0.05, 0.1) is 6.61 Å². The molecule has 0 amide bonds. The van der Waals surface area contributed by atoms with Gasteiger partial charge in [0.2, 0.25) is 6.29 Å². The van der Waals surface area contributed by atoms with Crippen molar-refractivity contribution in [2.75, 3.05) is 6.61 Å². The molecule has 2 N–H and O–H groups in total. The summed E-state index contributed by atoms with van der Waals surface area (Å²) in [4.78, 5) is 13.3. The van der Waals surface area contributed by atoms with Crippen molar-refractivity contribution in [1.29, 1.82) is 0 Å². The highest BCUT2D eigenvalue weighted by Gasteiger charge is 1.76. The largest absolute Gasteiger partial charge is 0.304 e. The monoisotopic (exact) mass is 88.0 g/mol. The van der Waals surface area contributed by atoms with Crippen molar-refractivity contribution < 1.29 is 9.63 Å². The first-order chi connectivity index (χ1) is 2.91. The lowest BCUT2D eigenvalue weighted by molar-refractivity contribution is 0.145. The third-order valence-corrected chi connectivity index (χ3v) is 0.322. The van der Waals surface area contributed by atoms with E-state index in [0.29, 0.717) is 0 Å². The smallest absolute Gasteiger partial charge is 0.200 e. The van der Waals surface area contributed by atoms with Crippen molar-refractivity contribution >= 4 is 6.29 Å². The molecule has 0 aromatic carbocycles. The molecule has 0 saturated carbocycles. The van der Waals surface area contributed by atoms with Crippen LogP contribution < -0.4 is 5.90 Å². The fourth-order valence-corrected chi connectivity index (χ4v) is 0.101. The Morgan fingerprint density at radius 2 is 2.50 bits per heavy atom. The lowest BCUT2D eigenvalue weighted by Gasteiger charge is -1.82. The van der Waals surface area contributed by atoms with Gasteiger partial charge in [-0.25, -0.2) is 5.90 Å². The van der Waals surface area contributed by atoms with Gasteiger partial charge < -0.3 is 4.84 Å². The van der Waals surface area contributed by atoms with Crippen LogP contribution in [0.15, 0.2) is 0 Å². The summed E-state index contributed by atoms with van der Waals surface area (Å²) in [6.07, 6.45) is 1.87. The van der Waals surface area contributed by atoms with Gasteiger partial charge in [0.15, 0.2) is 0 Å². The van der Waals surface area contributed by atoms with Crippen LogP contribution in [0.5, 0.6) is 0 Å². The number of carbonyl (C=O) groups excluding carboxylic acids is 1. The van der Waals surface area contributed by atoms with Crippen molar-refractivity contribution in [2.24, 2.45) is 5.90 Å². The Balaban J connectivity index is 2.49. The number of nitrogens with two attached hydrogens (primary N) is 1. The van der Waals surface area contributed by atoms with E-state index in [9.17, 15) is 4.79 Å². The summed E-state index contributed by atoms with van der Waals surface area (Å²) < 4.78 is 0. The summed E-state index contributed by atoms with van der Waals surface area (Å²) in [6, 6.07) is 0. The van der Waals surface area contributed by atoms with Crippen molar-refractivity contribution in [2.45, 2.75) is 6.42 Å². The van der Waals surface area contributed by atoms with E-state index in [0.717, 1.165) is 0 Å². The van der Waals surface area contributed by atoms with Crippen LogP contribution in [0.2, 0.25) is 0 Å². The molecule has 0 unspecified atom stereocenters. The minimum absolute atomic E-state index is 0.260. The van der Waals surface area contributed by atoms with Crippen molar-refractivity contribution in [1.82, 2.24) is 0 Å². The third-order valence-electron chi connectivity index (χ3n) is 0.322. The van der Waals surface area contributed by atoms with Gasteiger partial charge in [0.1, 0.15) is 0 Å². The summed E-state index contributed by atoms with van der Waals surface area (Å²) in [5, 5.41) is 0. The van der Waals surface area contributed by atoms with Gasteiger partial charge in [-0.3, -0.25) is 4.79 Å². The van der Waals surface area contributed by atoms with Crippen LogP contribution in [0.1, 0.15) is 6.42 Å². The number of hydrogen-bond donors (Lipinski definition) is 1. The van der Waals surface area contributed by atoms with E-state index in [4.69, 9.17) is 0 Å². The fraction of sp³-hybridized carbons (Fsp3) is 0.667. The zero-order valence-electron chi connectivity index (χ0n) is 3.31. The quantitative estimate of drug-likeness (QED) is 0.369. The molecule has 35 valence electrons. The summed E-state index contributed by atoms with van der Waals surface area (Å²) in [5.41, 5.74) is 0. The maximum absolute atomic E-state index is 9.30. The summed E-state index contributed by atoms with van der Waals surface area (Å²) in [7, 11) is 0. The first-order valence-electron chi connectivity index (χ1n) is 1.58. The lowest BCUT2D eigenvalue weighted by Crippen LogP contribution is -2.00. The van der Waals surface area contributed by atoms with Crippen molar-refractivity contribution in [3.05, 3.63) is 0 Å². The maximum atomic E-state index is 9.30. The molecule has 0 aliphatic heterocycles. The Kier molecular flexibility index (Phi) is 4.28. The Morgan fingerprint density at radius 1 is 1.83 bits per heavy atom. The van der Waals surface area contributed by atoms with Gasteiger partial charge >= 0.3 is 0 Å². The van der Waals surface area contributed by atoms with E-state index in [-0.39, 0.29) is 13.0 Å². The van der Waals surface area contributed by atoms with Gasteiger partial charge in [0.25, 0.3) is 0 Å². The predicted molar refractivity (Wildman–Crippen MR) is 20.4 cm³/mol. The molecular formula is C3H6NO2. The van der Waals surface area contributed by atoms with E-state index in [1.807, 2.05) is 0 Å². The molecule has 0 fully saturated rings. The third kappa shape index (κ3) is 3.59. The van der Waals surface area contributed by atoms with Gasteiger partial charge in [0, 0.05) is 6.42 Å². The summed E-state index contributed by atoms with van der Waals surface area (Å²) in [6.45, 7) is 0.267. The molecule has 6 heavy (non-hydrogen) atoms. The highest BCUT2D eigenvalue weighted by atomic mass is 16.6. The standard InChI is InChI=1S/C3H6NO2/c4-6-3-1-2-5/h1,3-4H2. The molecule has 0 aliphatic carbocycles. The second kappa shape index (κ2) is 4.59. The SMILES string of the molecule is NOCC[C]=O. The van der Waals surface area contributed by atoms with E-state index in [1.165, 1.54) is 0 Å². The van der Waals surface area contributed by atoms with E-state index in [1.54, 1.807) is 6.29 Å². The lowest BCUT2D eigenvalue weighted by atomic mass is 10.5. The van der Waals surface area contributed by atoms with Gasteiger partial charge in [-0.1, -0.05) is 0 Å². The molecular weight excluding hydrogens is 82.0 g/mol. The molecule has 0 aromatic rings. The van der Waals surface area contributed by atoms with Crippen LogP contribution in [0.3, 0.4) is 0 Å². The highest BCUT2D eigenvalue weighted by Crippen LogP contribution is 1.65. The van der Waals surface area contributed by atoms with Crippen LogP contribution in [-0.2, 0) is 9.63 Å². The van der Waals surface area contributed by atoms with Gasteiger partial charge in [-0.2, -0.15) is 0 Å². The minimum atomic E-state index is 0.260. The Hall–Kier alpha value is -0.410. The molecule has 3 heteroatoms. The normalized spacial score (nSPS) is 8.17. The van der Waals surface area contributed by atoms with Crippen LogP contribution in [-0.4, -0.2) is 12.9 Å². The fourth-order valence-electron chi connectivity index (χ4n) is 0.101. The van der Waals surface area contributed by atoms with Crippen LogP contribution in [0, 0.1) is 0 Å². The van der Waals surface area contributed by atoms with Crippen LogP contribution >= 0.6 is 0 Å². The second-order valence-electron chi connectivity index (χ2n) is 0.765. The highest BCUT2D eigenvalue weighted by molar-refractivity contribution is 5.50. The summed E-state index contributed by atoms with van der Waals surface area (Å²) >= 11 is 0. The second-order valence-corrected chi connectivity index (χ2v) is 0.765. The molecule has 0 bridgehead atoms. The molecule has 1 radical (unpaired) electrons. The zero-order chi connectivity index (χ0) is 4.83. The average Bonchev–Trinajstić information content (AvgIpc) is 1.61. The van der Waals surface area contributed by atoms with Crippen molar-refractivity contribution in [3.63, 3.8) is 0 Å². The number of hydrogen-bond acceptors (Lipinski definition) is 3. The van der Waals surface area contributed by atoms with E-state index >= 15 is 0 Å². The molecule has 3 nitrogen and oxygen atoms in total. The Bertz CT molecular complexity index is 37.8. The molecule has 0 atom stereocenters. The zero-order valence-corrected chi connectivity index (χ0v) is 3.31. The Labute approximate surface area is 36.0 Å². The molecule has 0 aromatic heterocycles. The van der Waals surface area contributed by atoms with Crippen LogP contribution in [0.4, 0.5) is 0 Å². The minimum Gasteiger partial charge on any atom is -0.304 e. The van der Waals surface area contributed by atoms with Crippen molar-refractivity contribution in [3.8, 4) is 0 Å². The van der Waals surface area contributed by atoms with Gasteiger partial charge in [-0.15, -0.1) is 0 Å². The van der Waals surface area contributed by atoms with E-state index in [2.05, 4.69) is 10.7 Å². The average molecular weight is 88.1 g/mol. The van der Waals surface area contributed by atoms with Gasteiger partial charge in [-0.05, 0) is 0 Å². The topological polar surface area (TPSA) is 52.3 Å². The first-order valence-corrected chi connectivity index (χ1v) is 1.58. The van der Waals surface area contributed by atoms with Crippen LogP contribution in [0.25, 0.3) is 0 Å². The molecule has 0 spiro atoms. The molecule has 0 heterocycles. The molecule has 0 rings (SSSR count). The molecule has 0 aliphatic rings. The molecule has 0 saturated heterocycles. The summed E-state index contributed by atoms with van der Waals surface area (Å²) in [5.74, 6) is 4.54. The number of rotatable bonds is 3.